The summed E-state index contributed by atoms with van der Waals surface area (Å²) in [5.41, 5.74) is 4.67. The second-order valence-electron chi connectivity index (χ2n) is 5.18. The zero-order chi connectivity index (χ0) is 13.5. The van der Waals surface area contributed by atoms with Gasteiger partial charge < -0.3 is 9.88 Å². The molecule has 3 heteroatoms. The number of hydrogen-bond acceptors (Lipinski definition) is 2. The molecule has 1 aromatic heterocycles. The number of nitrogens with zero attached hydrogens (tertiary/aromatic N) is 2. The largest absolute Gasteiger partial charge is 0.356 e. The maximum atomic E-state index is 4.49. The first-order valence-corrected chi connectivity index (χ1v) is 6.75. The van der Waals surface area contributed by atoms with Gasteiger partial charge in [-0.25, -0.2) is 4.99 Å². The molecule has 1 aliphatic rings. The summed E-state index contributed by atoms with van der Waals surface area (Å²) in [5.74, 6) is 0. The van der Waals surface area contributed by atoms with Crippen LogP contribution in [0.2, 0.25) is 0 Å². The number of aliphatic imine (C=N–C) groups is 1. The van der Waals surface area contributed by atoms with E-state index < -0.39 is 0 Å². The lowest BCUT2D eigenvalue weighted by molar-refractivity contribution is 0.428. The third-order valence-electron chi connectivity index (χ3n) is 3.86. The Balaban J connectivity index is 1.90. The summed E-state index contributed by atoms with van der Waals surface area (Å²) in [6.07, 6.45) is 1.90. The normalized spacial score (nSPS) is 17.4. The molecular weight excluding hydrogens is 246 g/mol. The predicted octanol–water partition coefficient (Wildman–Crippen LogP) is 3.86. The molecule has 4 rings (SSSR count). The Morgan fingerprint density at radius 2 is 1.85 bits per heavy atom. The Morgan fingerprint density at radius 1 is 1.05 bits per heavy atom. The maximum absolute atomic E-state index is 4.49. The third kappa shape index (κ3) is 1.63. The van der Waals surface area contributed by atoms with Crippen molar-refractivity contribution >= 4 is 22.9 Å². The highest BCUT2D eigenvalue weighted by Crippen LogP contribution is 2.36. The molecule has 20 heavy (non-hydrogen) atoms. The van der Waals surface area contributed by atoms with Gasteiger partial charge in [-0.05, 0) is 23.6 Å². The number of nitrogens with one attached hydrogen (secondary N) is 1. The van der Waals surface area contributed by atoms with Gasteiger partial charge in [-0.2, -0.15) is 0 Å². The Morgan fingerprint density at radius 3 is 2.75 bits per heavy atom. The minimum absolute atomic E-state index is 0.191. The molecule has 98 valence electrons. The van der Waals surface area contributed by atoms with Crippen LogP contribution in [0, 0.1) is 0 Å². The average Bonchev–Trinajstić information content (AvgIpc) is 2.90. The van der Waals surface area contributed by atoms with E-state index in [1.165, 1.54) is 22.2 Å². The first-order chi connectivity index (χ1) is 9.83. The van der Waals surface area contributed by atoms with Crippen LogP contribution in [-0.4, -0.2) is 23.3 Å². The predicted molar refractivity (Wildman–Crippen MR) is 82.5 cm³/mol. The maximum Gasteiger partial charge on any atom is 0.0970 e. The monoisotopic (exact) mass is 261 g/mol. The van der Waals surface area contributed by atoms with Crippen LogP contribution in [0.4, 0.5) is 5.69 Å². The van der Waals surface area contributed by atoms with Crippen molar-refractivity contribution in [1.29, 1.82) is 0 Å². The molecule has 0 radical (unpaired) electrons. The van der Waals surface area contributed by atoms with Crippen molar-refractivity contribution in [1.82, 2.24) is 9.88 Å². The second-order valence-corrected chi connectivity index (χ2v) is 5.18. The molecule has 0 spiro atoms. The smallest absolute Gasteiger partial charge is 0.0970 e. The topological polar surface area (TPSA) is 31.4 Å². The summed E-state index contributed by atoms with van der Waals surface area (Å²) >= 11 is 0. The lowest BCUT2D eigenvalue weighted by Gasteiger charge is -2.30. The van der Waals surface area contributed by atoms with Gasteiger partial charge in [-0.15, -0.1) is 0 Å². The number of rotatable bonds is 1. The summed E-state index contributed by atoms with van der Waals surface area (Å²) in [5, 5.41) is 1.25. The molecule has 0 bridgehead atoms. The summed E-state index contributed by atoms with van der Waals surface area (Å²) < 4.78 is 0. The van der Waals surface area contributed by atoms with Gasteiger partial charge in [0.15, 0.2) is 0 Å². The number of aromatic amines is 1. The number of para-hydroxylation sites is 2. The van der Waals surface area contributed by atoms with Gasteiger partial charge in [-0.1, -0.05) is 36.4 Å². The number of benzene rings is 2. The van der Waals surface area contributed by atoms with Gasteiger partial charge in [0.2, 0.25) is 0 Å². The fraction of sp³-hybridized carbons (Fsp3) is 0.118. The lowest BCUT2D eigenvalue weighted by atomic mass is 9.99. The first kappa shape index (κ1) is 11.3. The molecule has 3 aromatic rings. The summed E-state index contributed by atoms with van der Waals surface area (Å²) in [6, 6.07) is 19.1. The quantitative estimate of drug-likeness (QED) is 0.708. The lowest BCUT2D eigenvalue weighted by Crippen LogP contribution is -2.26. The van der Waals surface area contributed by atoms with Crippen LogP contribution in [0.3, 0.4) is 0 Å². The van der Waals surface area contributed by atoms with E-state index >= 15 is 0 Å². The number of hydrogen-bond donors (Lipinski definition) is 1. The molecule has 0 saturated carbocycles. The van der Waals surface area contributed by atoms with Gasteiger partial charge in [0.25, 0.3) is 0 Å². The van der Waals surface area contributed by atoms with E-state index in [1.54, 1.807) is 0 Å². The highest BCUT2D eigenvalue weighted by atomic mass is 15.2. The van der Waals surface area contributed by atoms with Gasteiger partial charge in [-0.3, -0.25) is 0 Å². The van der Waals surface area contributed by atoms with Crippen LogP contribution in [0.25, 0.3) is 10.9 Å². The van der Waals surface area contributed by atoms with Crippen LogP contribution in [0.5, 0.6) is 0 Å². The molecule has 2 aromatic carbocycles. The zero-order valence-corrected chi connectivity index (χ0v) is 11.2. The molecule has 0 aliphatic carbocycles. The summed E-state index contributed by atoms with van der Waals surface area (Å²) in [4.78, 5) is 10.2. The molecular formula is C17H15N3. The van der Waals surface area contributed by atoms with Crippen LogP contribution >= 0.6 is 0 Å². The van der Waals surface area contributed by atoms with E-state index in [0.29, 0.717) is 0 Å². The molecule has 1 atom stereocenters. The molecule has 0 fully saturated rings. The number of aromatic nitrogens is 1. The van der Waals surface area contributed by atoms with Crippen molar-refractivity contribution in [3.8, 4) is 0 Å². The second kappa shape index (κ2) is 4.23. The molecule has 0 saturated heterocycles. The van der Waals surface area contributed by atoms with Gasteiger partial charge in [0.05, 0.1) is 18.1 Å². The van der Waals surface area contributed by atoms with Crippen LogP contribution in [0.1, 0.15) is 17.3 Å². The Kier molecular flexibility index (Phi) is 2.39. The fourth-order valence-corrected chi connectivity index (χ4v) is 2.91. The average molecular weight is 261 g/mol. The summed E-state index contributed by atoms with van der Waals surface area (Å²) in [6.45, 7) is 0. The third-order valence-corrected chi connectivity index (χ3v) is 3.86. The molecule has 1 aliphatic heterocycles. The molecule has 3 nitrogen and oxygen atoms in total. The van der Waals surface area contributed by atoms with Crippen molar-refractivity contribution in [3.63, 3.8) is 0 Å². The molecule has 1 N–H and O–H groups in total. The number of H-pyrrole nitrogens is 1. The molecule has 0 amide bonds. The summed E-state index contributed by atoms with van der Waals surface area (Å²) in [7, 11) is 2.07. The standard InChI is InChI=1S/C17H15N3/c1-20-11-18-15-9-5-3-7-13(15)17(20)16-10-12-6-2-4-8-14(12)19-16/h2-11,17,19H,1H3. The number of fused-ring (bicyclic) bond motifs is 2. The minimum Gasteiger partial charge on any atom is -0.356 e. The first-order valence-electron chi connectivity index (χ1n) is 6.75. The van der Waals surface area contributed by atoms with E-state index in [0.717, 1.165) is 5.69 Å². The van der Waals surface area contributed by atoms with Gasteiger partial charge >= 0.3 is 0 Å². The highest BCUT2D eigenvalue weighted by molar-refractivity contribution is 5.81. The SMILES string of the molecule is CN1C=Nc2ccccc2C1c1cc2ccccc2[nH]1. The van der Waals surface area contributed by atoms with Crippen molar-refractivity contribution in [2.75, 3.05) is 7.05 Å². The van der Waals surface area contributed by atoms with E-state index in [-0.39, 0.29) is 6.04 Å². The van der Waals surface area contributed by atoms with Gasteiger partial charge in [0, 0.05) is 23.8 Å². The fourth-order valence-electron chi connectivity index (χ4n) is 2.91. The van der Waals surface area contributed by atoms with E-state index in [9.17, 15) is 0 Å². The van der Waals surface area contributed by atoms with Crippen molar-refractivity contribution in [2.45, 2.75) is 6.04 Å². The van der Waals surface area contributed by atoms with E-state index in [4.69, 9.17) is 0 Å². The van der Waals surface area contributed by atoms with Crippen molar-refractivity contribution < 1.29 is 0 Å². The van der Waals surface area contributed by atoms with E-state index in [1.807, 2.05) is 12.4 Å². The Labute approximate surface area is 117 Å². The zero-order valence-electron chi connectivity index (χ0n) is 11.2. The van der Waals surface area contributed by atoms with Crippen LogP contribution in [0.15, 0.2) is 59.6 Å². The molecule has 2 heterocycles. The van der Waals surface area contributed by atoms with E-state index in [2.05, 4.69) is 70.5 Å². The van der Waals surface area contributed by atoms with Crippen molar-refractivity contribution in [2.24, 2.45) is 4.99 Å². The Bertz CT molecular complexity index is 768. The highest BCUT2D eigenvalue weighted by Gasteiger charge is 2.24. The minimum atomic E-state index is 0.191. The van der Waals surface area contributed by atoms with Crippen molar-refractivity contribution in [3.05, 3.63) is 65.9 Å². The van der Waals surface area contributed by atoms with Crippen LogP contribution < -0.4 is 0 Å². The Hall–Kier alpha value is -2.55. The molecule has 1 unspecified atom stereocenters. The van der Waals surface area contributed by atoms with Gasteiger partial charge in [0.1, 0.15) is 0 Å². The van der Waals surface area contributed by atoms with Crippen LogP contribution in [-0.2, 0) is 0 Å².